The van der Waals surface area contributed by atoms with Crippen molar-refractivity contribution in [3.63, 3.8) is 0 Å². The Balaban J connectivity index is 3.38. The minimum Gasteiger partial charge on any atom is -0.452 e. The zero-order chi connectivity index (χ0) is 24.7. The van der Waals surface area contributed by atoms with Crippen LogP contribution < -0.4 is 0 Å². The standard InChI is InChI=1S/C25H38O7/c1-17(2)15-22(29)32-21-10-13-24(5,12-9-20(28)23(3,4)30)11-7-18(16-26)19(27)8-14-25(21,6)31/h7-8,10,13-15,20-21,26,28,30-31H,9,11-12,16H2,1-6H3/b13-10+,14-8-,18-7-/t20-,21+,24+,25+/m0/s1. The lowest BCUT2D eigenvalue weighted by Crippen LogP contribution is -2.40. The first-order valence-corrected chi connectivity index (χ1v) is 10.8. The molecule has 0 spiro atoms. The maximum atomic E-state index is 12.5. The summed E-state index contributed by atoms with van der Waals surface area (Å²) in [5.74, 6) is -1.08. The number of carbonyl (C=O) groups is 2. The lowest BCUT2D eigenvalue weighted by atomic mass is 9.78. The molecule has 0 saturated heterocycles. The smallest absolute Gasteiger partial charge is 0.331 e. The van der Waals surface area contributed by atoms with Crippen LogP contribution in [0.15, 0.2) is 47.6 Å². The largest absolute Gasteiger partial charge is 0.452 e. The van der Waals surface area contributed by atoms with Crippen LogP contribution >= 0.6 is 0 Å². The fourth-order valence-electron chi connectivity index (χ4n) is 3.19. The second-order valence-corrected chi connectivity index (χ2v) is 9.82. The van der Waals surface area contributed by atoms with Crippen LogP contribution in [0.25, 0.3) is 0 Å². The summed E-state index contributed by atoms with van der Waals surface area (Å²) in [6.45, 7) is 9.41. The van der Waals surface area contributed by atoms with Gasteiger partial charge in [-0.3, -0.25) is 4.79 Å². The zero-order valence-corrected chi connectivity index (χ0v) is 20.0. The van der Waals surface area contributed by atoms with Crippen molar-refractivity contribution in [2.24, 2.45) is 5.41 Å². The maximum absolute atomic E-state index is 12.5. The molecule has 1 aliphatic carbocycles. The number of esters is 1. The molecular weight excluding hydrogens is 412 g/mol. The molecule has 180 valence electrons. The summed E-state index contributed by atoms with van der Waals surface area (Å²) in [6.07, 6.45) is 7.75. The number of aliphatic hydroxyl groups is 4. The van der Waals surface area contributed by atoms with Crippen LogP contribution in [0.2, 0.25) is 0 Å². The lowest BCUT2D eigenvalue weighted by Gasteiger charge is -2.32. The van der Waals surface area contributed by atoms with Gasteiger partial charge in [0.2, 0.25) is 0 Å². The molecule has 4 atom stereocenters. The van der Waals surface area contributed by atoms with Crippen LogP contribution in [-0.2, 0) is 14.3 Å². The molecule has 4 N–H and O–H groups in total. The number of ether oxygens (including phenoxy) is 1. The number of allylic oxidation sites excluding steroid dienone is 4. The summed E-state index contributed by atoms with van der Waals surface area (Å²) < 4.78 is 5.48. The van der Waals surface area contributed by atoms with E-state index in [2.05, 4.69) is 0 Å². The van der Waals surface area contributed by atoms with Gasteiger partial charge in [0.25, 0.3) is 0 Å². The third kappa shape index (κ3) is 8.82. The van der Waals surface area contributed by atoms with Crippen LogP contribution in [0.3, 0.4) is 0 Å². The molecule has 0 amide bonds. The van der Waals surface area contributed by atoms with Gasteiger partial charge in [-0.1, -0.05) is 24.6 Å². The highest BCUT2D eigenvalue weighted by Crippen LogP contribution is 2.34. The fourth-order valence-corrected chi connectivity index (χ4v) is 3.19. The monoisotopic (exact) mass is 450 g/mol. The van der Waals surface area contributed by atoms with Crippen molar-refractivity contribution >= 4 is 11.8 Å². The maximum Gasteiger partial charge on any atom is 0.331 e. The van der Waals surface area contributed by atoms with E-state index in [1.807, 2.05) is 6.92 Å². The van der Waals surface area contributed by atoms with Gasteiger partial charge in [0.15, 0.2) is 11.9 Å². The van der Waals surface area contributed by atoms with Crippen LogP contribution in [0.4, 0.5) is 0 Å². The Morgan fingerprint density at radius 2 is 1.94 bits per heavy atom. The second-order valence-electron chi connectivity index (χ2n) is 9.82. The second kappa shape index (κ2) is 11.2. The average molecular weight is 451 g/mol. The molecule has 0 aliphatic heterocycles. The van der Waals surface area contributed by atoms with Gasteiger partial charge >= 0.3 is 5.97 Å². The summed E-state index contributed by atoms with van der Waals surface area (Å²) in [5.41, 5.74) is -2.65. The third-order valence-electron chi connectivity index (χ3n) is 5.58. The molecule has 0 saturated carbocycles. The Morgan fingerprint density at radius 1 is 1.31 bits per heavy atom. The topological polar surface area (TPSA) is 124 Å². The number of aliphatic hydroxyl groups excluding tert-OH is 2. The molecule has 0 aromatic rings. The molecule has 0 aromatic carbocycles. The zero-order valence-electron chi connectivity index (χ0n) is 20.0. The number of carbonyl (C=O) groups excluding carboxylic acids is 2. The first-order chi connectivity index (χ1) is 14.6. The van der Waals surface area contributed by atoms with Crippen molar-refractivity contribution in [3.8, 4) is 0 Å². The van der Waals surface area contributed by atoms with E-state index in [-0.39, 0.29) is 12.0 Å². The molecule has 32 heavy (non-hydrogen) atoms. The molecule has 0 radical (unpaired) electrons. The van der Waals surface area contributed by atoms with Crippen molar-refractivity contribution in [2.45, 2.75) is 84.2 Å². The van der Waals surface area contributed by atoms with Gasteiger partial charge < -0.3 is 25.2 Å². The van der Waals surface area contributed by atoms with Gasteiger partial charge in [-0.25, -0.2) is 4.79 Å². The van der Waals surface area contributed by atoms with Crippen LogP contribution in [-0.4, -0.2) is 62.2 Å². The summed E-state index contributed by atoms with van der Waals surface area (Å²) in [4.78, 5) is 24.7. The average Bonchev–Trinajstić information content (AvgIpc) is 2.67. The normalized spacial score (nSPS) is 31.5. The molecule has 1 aliphatic rings. The minimum absolute atomic E-state index is 0.180. The van der Waals surface area contributed by atoms with E-state index in [4.69, 9.17) is 4.74 Å². The number of hydrogen-bond acceptors (Lipinski definition) is 7. The Kier molecular flexibility index (Phi) is 9.78. The van der Waals surface area contributed by atoms with E-state index in [9.17, 15) is 30.0 Å². The number of ketones is 1. The van der Waals surface area contributed by atoms with Gasteiger partial charge in [-0.05, 0) is 77.5 Å². The van der Waals surface area contributed by atoms with Crippen molar-refractivity contribution < 1.29 is 34.8 Å². The van der Waals surface area contributed by atoms with E-state index in [0.29, 0.717) is 12.8 Å². The van der Waals surface area contributed by atoms with Crippen molar-refractivity contribution in [1.82, 2.24) is 0 Å². The van der Waals surface area contributed by atoms with E-state index in [0.717, 1.165) is 5.57 Å². The Morgan fingerprint density at radius 3 is 2.47 bits per heavy atom. The first kappa shape index (κ1) is 28.0. The third-order valence-corrected chi connectivity index (χ3v) is 5.58. The van der Waals surface area contributed by atoms with E-state index >= 15 is 0 Å². The van der Waals surface area contributed by atoms with Gasteiger partial charge in [-0.15, -0.1) is 0 Å². The molecule has 7 nitrogen and oxygen atoms in total. The number of hydrogen-bond donors (Lipinski definition) is 4. The minimum atomic E-state index is -1.68. The predicted octanol–water partition coefficient (Wildman–Crippen LogP) is 2.54. The van der Waals surface area contributed by atoms with Gasteiger partial charge in [-0.2, -0.15) is 0 Å². The quantitative estimate of drug-likeness (QED) is 0.267. The highest BCUT2D eigenvalue weighted by atomic mass is 16.6. The first-order valence-electron chi connectivity index (χ1n) is 10.8. The predicted molar refractivity (Wildman–Crippen MR) is 123 cm³/mol. The van der Waals surface area contributed by atoms with Crippen molar-refractivity contribution in [2.75, 3.05) is 6.61 Å². The lowest BCUT2D eigenvalue weighted by molar-refractivity contribution is -0.148. The summed E-state index contributed by atoms with van der Waals surface area (Å²) in [5, 5.41) is 40.9. The Hall–Kier alpha value is -2.06. The summed E-state index contributed by atoms with van der Waals surface area (Å²) in [7, 11) is 0. The van der Waals surface area contributed by atoms with Crippen LogP contribution in [0, 0.1) is 5.41 Å². The van der Waals surface area contributed by atoms with Gasteiger partial charge in [0.1, 0.15) is 5.60 Å². The van der Waals surface area contributed by atoms with Crippen molar-refractivity contribution in [1.29, 1.82) is 0 Å². The summed E-state index contributed by atoms with van der Waals surface area (Å²) >= 11 is 0. The van der Waals surface area contributed by atoms with E-state index in [1.54, 1.807) is 32.1 Å². The molecule has 0 unspecified atom stereocenters. The van der Waals surface area contributed by atoms with E-state index in [1.165, 1.54) is 39.0 Å². The highest BCUT2D eigenvalue weighted by Gasteiger charge is 2.34. The Bertz CT molecular complexity index is 792. The molecule has 0 aromatic heterocycles. The highest BCUT2D eigenvalue weighted by molar-refractivity contribution is 6.04. The SMILES string of the molecule is CC(C)=CC(=O)O[C@@H]1/C=C/[C@@](C)(CC[C@H](O)C(C)(C)O)C/C=C(/CO)C(=O)/C=C\[C@@]1(C)O. The molecule has 0 heterocycles. The fraction of sp³-hybridized carbons (Fsp3) is 0.600. The van der Waals surface area contributed by atoms with Crippen LogP contribution in [0.5, 0.6) is 0 Å². The molecule has 1 rings (SSSR count). The molecule has 0 bridgehead atoms. The Labute approximate surface area is 190 Å². The number of rotatable bonds is 7. The van der Waals surface area contributed by atoms with Gasteiger partial charge in [0, 0.05) is 11.6 Å². The molecule has 0 fully saturated rings. The van der Waals surface area contributed by atoms with Crippen LogP contribution in [0.1, 0.15) is 60.8 Å². The van der Waals surface area contributed by atoms with E-state index < -0.39 is 47.2 Å². The van der Waals surface area contributed by atoms with Crippen molar-refractivity contribution in [3.05, 3.63) is 47.6 Å². The summed E-state index contributed by atoms with van der Waals surface area (Å²) in [6, 6.07) is 0. The van der Waals surface area contributed by atoms with Gasteiger partial charge in [0.05, 0.1) is 18.3 Å². The molecular formula is C25H38O7. The molecule has 7 heteroatoms.